The molecule has 0 aliphatic heterocycles. The molecule has 40 heavy (non-hydrogen) atoms. The molecule has 16 heteroatoms. The van der Waals surface area contributed by atoms with Gasteiger partial charge in [-0.05, 0) is 50.1 Å². The maximum Gasteiger partial charge on any atom is 0.416 e. The lowest BCUT2D eigenvalue weighted by atomic mass is 9.81. The predicted molar refractivity (Wildman–Crippen MR) is 139 cm³/mol. The summed E-state index contributed by atoms with van der Waals surface area (Å²) in [6.45, 7) is 3.08. The van der Waals surface area contributed by atoms with Crippen molar-refractivity contribution in [3.8, 4) is 0 Å². The molecule has 0 radical (unpaired) electrons. The third kappa shape index (κ3) is 5.75. The molecule has 1 aromatic heterocycles. The number of anilines is 1. The van der Waals surface area contributed by atoms with Crippen molar-refractivity contribution in [2.45, 2.75) is 50.7 Å². The minimum absolute atomic E-state index is 0.0410. The van der Waals surface area contributed by atoms with Crippen LogP contribution < -0.4 is 4.72 Å². The van der Waals surface area contributed by atoms with Crippen LogP contribution in [0.3, 0.4) is 0 Å². The van der Waals surface area contributed by atoms with E-state index in [0.717, 1.165) is 29.3 Å². The number of aliphatic hydroxyl groups excluding tert-OH is 1. The normalized spacial score (nSPS) is 15.7. The largest absolute Gasteiger partial charge is 0.416 e. The van der Waals surface area contributed by atoms with E-state index in [1.807, 2.05) is 0 Å². The maximum atomic E-state index is 16.1. The highest BCUT2D eigenvalue weighted by Crippen LogP contribution is 2.65. The number of aliphatic hydroxyl groups is 1. The molecule has 222 valence electrons. The van der Waals surface area contributed by atoms with Crippen molar-refractivity contribution < 1.29 is 49.1 Å². The van der Waals surface area contributed by atoms with Gasteiger partial charge in [-0.25, -0.2) is 8.42 Å². The van der Waals surface area contributed by atoms with Gasteiger partial charge in [0, 0.05) is 5.39 Å². The molecule has 0 saturated carbocycles. The Kier molecular flexibility index (Phi) is 9.07. The van der Waals surface area contributed by atoms with Crippen LogP contribution in [0.2, 0.25) is 0 Å². The van der Waals surface area contributed by atoms with Crippen molar-refractivity contribution in [2.75, 3.05) is 24.2 Å². The van der Waals surface area contributed by atoms with Crippen molar-refractivity contribution >= 4 is 34.2 Å². The molecule has 0 bridgehead atoms. The van der Waals surface area contributed by atoms with Crippen LogP contribution in [-0.2, 0) is 35.4 Å². The van der Waals surface area contributed by atoms with E-state index in [-0.39, 0.29) is 22.2 Å². The van der Waals surface area contributed by atoms with Crippen LogP contribution in [0.4, 0.5) is 27.6 Å². The number of hydrogen-bond acceptors (Lipinski definition) is 7. The predicted octanol–water partition coefficient (Wildman–Crippen LogP) is 5.80. The zero-order chi connectivity index (χ0) is 30.1. The van der Waals surface area contributed by atoms with Crippen LogP contribution in [0.25, 0.3) is 10.9 Å². The number of fused-ring (bicyclic) bond motifs is 1. The van der Waals surface area contributed by atoms with Gasteiger partial charge in [0.25, 0.3) is 0 Å². The van der Waals surface area contributed by atoms with Gasteiger partial charge in [-0.1, -0.05) is 25.1 Å². The summed E-state index contributed by atoms with van der Waals surface area (Å²) in [6, 6.07) is 7.37. The van der Waals surface area contributed by atoms with Crippen LogP contribution in [0.5, 0.6) is 0 Å². The van der Waals surface area contributed by atoms with E-state index in [0.29, 0.717) is 12.1 Å². The number of benzene rings is 2. The monoisotopic (exact) mass is 613 g/mol. The standard InChI is InChI=1S/C24H29F5N3O6PS/c1-5-22(16-11-13-17(14-12-16)23(25,26)27,21(33)24(28,29)39(34,37-6-2)38-7-3)32-20-10-8-9-19(18(20)15-30-32)31-40(4,35)36/h8-15,21,31,33H,5-7H2,1-4H3. The number of halogens is 5. The minimum atomic E-state index is -5.34. The third-order valence-electron chi connectivity index (χ3n) is 6.28. The van der Waals surface area contributed by atoms with E-state index in [1.54, 1.807) is 0 Å². The van der Waals surface area contributed by atoms with E-state index in [2.05, 4.69) is 9.82 Å². The Hall–Kier alpha value is -2.58. The SMILES string of the molecule is CCOP(=O)(OCC)C(F)(F)C(O)C(CC)(c1ccc(C(F)(F)F)cc1)n1ncc2c(NS(C)(=O)=O)cccc21. The Labute approximate surface area is 227 Å². The molecule has 3 aromatic rings. The first kappa shape index (κ1) is 31.9. The summed E-state index contributed by atoms with van der Waals surface area (Å²) in [5.41, 5.74) is -8.13. The number of nitrogens with zero attached hydrogens (tertiary/aromatic N) is 2. The molecule has 9 nitrogen and oxygen atoms in total. The first-order chi connectivity index (χ1) is 18.5. The number of sulfonamides is 1. The zero-order valence-electron chi connectivity index (χ0n) is 21.9. The molecule has 3 rings (SSSR count). The fraction of sp³-hybridized carbons (Fsp3) is 0.458. The molecule has 0 fully saturated rings. The van der Waals surface area contributed by atoms with Gasteiger partial charge in [-0.2, -0.15) is 27.1 Å². The van der Waals surface area contributed by atoms with Gasteiger partial charge in [0.15, 0.2) is 6.10 Å². The quantitative estimate of drug-likeness (QED) is 0.196. The summed E-state index contributed by atoms with van der Waals surface area (Å²) in [4.78, 5) is 0. The topological polar surface area (TPSA) is 120 Å². The highest BCUT2D eigenvalue weighted by atomic mass is 32.2. The number of nitrogens with one attached hydrogen (secondary N) is 1. The fourth-order valence-electron chi connectivity index (χ4n) is 4.54. The lowest BCUT2D eigenvalue weighted by Gasteiger charge is -2.43. The van der Waals surface area contributed by atoms with E-state index in [9.17, 15) is 31.3 Å². The summed E-state index contributed by atoms with van der Waals surface area (Å²) in [6.07, 6.45) is -5.99. The van der Waals surface area contributed by atoms with Crippen molar-refractivity contribution in [3.63, 3.8) is 0 Å². The summed E-state index contributed by atoms with van der Waals surface area (Å²) >= 11 is 0. The molecule has 0 aliphatic rings. The molecule has 0 aliphatic carbocycles. The van der Waals surface area contributed by atoms with Gasteiger partial charge in [0.1, 0.15) is 5.54 Å². The van der Waals surface area contributed by atoms with Gasteiger partial charge in [0.05, 0.1) is 42.4 Å². The Morgan fingerprint density at radius 3 is 2.02 bits per heavy atom. The summed E-state index contributed by atoms with van der Waals surface area (Å²) in [5.74, 6) is 0. The van der Waals surface area contributed by atoms with E-state index >= 15 is 8.78 Å². The number of hydrogen-bond donors (Lipinski definition) is 2. The summed E-state index contributed by atoms with van der Waals surface area (Å²) < 4.78 is 122. The molecule has 2 unspecified atom stereocenters. The highest BCUT2D eigenvalue weighted by molar-refractivity contribution is 7.92. The lowest BCUT2D eigenvalue weighted by Crippen LogP contribution is -2.55. The van der Waals surface area contributed by atoms with Gasteiger partial charge in [0.2, 0.25) is 10.0 Å². The van der Waals surface area contributed by atoms with Crippen LogP contribution in [0.15, 0.2) is 48.7 Å². The molecule has 0 amide bonds. The van der Waals surface area contributed by atoms with Crippen molar-refractivity contribution in [1.29, 1.82) is 0 Å². The van der Waals surface area contributed by atoms with E-state index in [1.165, 1.54) is 39.0 Å². The first-order valence-corrected chi connectivity index (χ1v) is 15.5. The van der Waals surface area contributed by atoms with Crippen LogP contribution in [0.1, 0.15) is 38.3 Å². The first-order valence-electron chi connectivity index (χ1n) is 12.1. The van der Waals surface area contributed by atoms with Gasteiger partial charge >= 0.3 is 19.4 Å². The lowest BCUT2D eigenvalue weighted by molar-refractivity contribution is -0.137. The maximum absolute atomic E-state index is 16.1. The molecule has 2 aromatic carbocycles. The fourth-order valence-corrected chi connectivity index (χ4v) is 6.72. The second-order valence-electron chi connectivity index (χ2n) is 8.85. The smallest absolute Gasteiger partial charge is 0.383 e. The number of alkyl halides is 5. The van der Waals surface area contributed by atoms with E-state index in [4.69, 9.17) is 9.05 Å². The van der Waals surface area contributed by atoms with Gasteiger partial charge < -0.3 is 14.2 Å². The molecule has 2 atom stereocenters. The highest BCUT2D eigenvalue weighted by Gasteiger charge is 2.65. The van der Waals surface area contributed by atoms with E-state index < -0.39 is 66.3 Å². The van der Waals surface area contributed by atoms with Gasteiger partial charge in [-0.15, -0.1) is 0 Å². The number of rotatable bonds is 12. The van der Waals surface area contributed by atoms with Crippen LogP contribution in [0, 0.1) is 0 Å². The average Bonchev–Trinajstić information content (AvgIpc) is 3.29. The molecular formula is C24H29F5N3O6PS. The van der Waals surface area contributed by atoms with Crippen molar-refractivity contribution in [1.82, 2.24) is 9.78 Å². The number of aromatic nitrogens is 2. The summed E-state index contributed by atoms with van der Waals surface area (Å²) in [5, 5.41) is 15.8. The summed E-state index contributed by atoms with van der Waals surface area (Å²) in [7, 11) is -9.12. The molecule has 0 saturated heterocycles. The van der Waals surface area contributed by atoms with Crippen LogP contribution >= 0.6 is 7.60 Å². The van der Waals surface area contributed by atoms with Crippen molar-refractivity contribution in [3.05, 3.63) is 59.8 Å². The molecule has 2 N–H and O–H groups in total. The third-order valence-corrected chi connectivity index (χ3v) is 9.04. The van der Waals surface area contributed by atoms with Crippen LogP contribution in [-0.4, -0.2) is 54.5 Å². The molecule has 1 heterocycles. The second-order valence-corrected chi connectivity index (χ2v) is 12.7. The minimum Gasteiger partial charge on any atom is -0.383 e. The second kappa shape index (κ2) is 11.4. The molecular weight excluding hydrogens is 584 g/mol. The Morgan fingerprint density at radius 2 is 1.55 bits per heavy atom. The Balaban J connectivity index is 2.38. The Bertz CT molecular complexity index is 1490. The average molecular weight is 614 g/mol. The Morgan fingerprint density at radius 1 is 1.00 bits per heavy atom. The zero-order valence-corrected chi connectivity index (χ0v) is 23.7. The van der Waals surface area contributed by atoms with Gasteiger partial charge in [-0.3, -0.25) is 14.0 Å². The molecule has 0 spiro atoms. The van der Waals surface area contributed by atoms with Crippen molar-refractivity contribution in [2.24, 2.45) is 0 Å².